The van der Waals surface area contributed by atoms with Crippen molar-refractivity contribution in [2.75, 3.05) is 0 Å². The summed E-state index contributed by atoms with van der Waals surface area (Å²) in [5, 5.41) is 1.16. The number of fused-ring (bicyclic) bond motifs is 3. The summed E-state index contributed by atoms with van der Waals surface area (Å²) in [6.07, 6.45) is 4.79. The second kappa shape index (κ2) is 5.26. The second-order valence-electron chi connectivity index (χ2n) is 5.70. The van der Waals surface area contributed by atoms with Crippen molar-refractivity contribution in [2.24, 2.45) is 0 Å². The largest absolute Gasteiger partial charge is 0.327 e. The van der Waals surface area contributed by atoms with Gasteiger partial charge in [-0.3, -0.25) is 4.98 Å². The third-order valence-corrected chi connectivity index (χ3v) is 4.16. The normalized spacial score (nSPS) is 12.8. The number of hydrogen-bond acceptors (Lipinski definition) is 2. The van der Waals surface area contributed by atoms with Crippen LogP contribution < -0.4 is 0 Å². The molecule has 0 aliphatic carbocycles. The van der Waals surface area contributed by atoms with Crippen molar-refractivity contribution in [2.45, 2.75) is 19.4 Å². The van der Waals surface area contributed by atoms with Gasteiger partial charge in [-0.25, -0.2) is 4.98 Å². The average Bonchev–Trinajstić information content (AvgIpc) is 3.00. The van der Waals surface area contributed by atoms with E-state index in [1.807, 2.05) is 24.7 Å². The Bertz CT molecular complexity index is 925. The number of rotatable bonds is 3. The Morgan fingerprint density at radius 1 is 0.909 bits per heavy atom. The molecular weight excluding hydrogens is 270 g/mol. The first kappa shape index (κ1) is 13.0. The van der Waals surface area contributed by atoms with Crippen LogP contribution in [0.2, 0.25) is 0 Å². The van der Waals surface area contributed by atoms with Crippen LogP contribution in [0.1, 0.15) is 18.5 Å². The van der Waals surface area contributed by atoms with Gasteiger partial charge in [0.2, 0.25) is 0 Å². The van der Waals surface area contributed by atoms with Gasteiger partial charge < -0.3 is 4.57 Å². The molecule has 2 aromatic carbocycles. The number of para-hydroxylation sites is 1. The molecule has 0 spiro atoms. The molecule has 3 nitrogen and oxygen atoms in total. The van der Waals surface area contributed by atoms with Crippen LogP contribution in [0.4, 0.5) is 0 Å². The molecular formula is C19H17N3. The van der Waals surface area contributed by atoms with Crippen molar-refractivity contribution in [3.8, 4) is 0 Å². The lowest BCUT2D eigenvalue weighted by Gasteiger charge is -2.15. The summed E-state index contributed by atoms with van der Waals surface area (Å²) in [6.45, 7) is 2.24. The van der Waals surface area contributed by atoms with Crippen molar-refractivity contribution in [1.82, 2.24) is 14.5 Å². The van der Waals surface area contributed by atoms with Gasteiger partial charge in [0.25, 0.3) is 0 Å². The van der Waals surface area contributed by atoms with Crippen LogP contribution in [0.3, 0.4) is 0 Å². The molecule has 0 aliphatic rings. The van der Waals surface area contributed by atoms with E-state index in [0.29, 0.717) is 6.04 Å². The first-order valence-electron chi connectivity index (χ1n) is 7.57. The maximum Gasteiger partial charge on any atom is 0.107 e. The minimum atomic E-state index is 0.346. The van der Waals surface area contributed by atoms with Crippen molar-refractivity contribution in [3.63, 3.8) is 0 Å². The lowest BCUT2D eigenvalue weighted by atomic mass is 10.1. The van der Waals surface area contributed by atoms with Gasteiger partial charge in [0, 0.05) is 11.4 Å². The molecule has 22 heavy (non-hydrogen) atoms. The third kappa shape index (κ3) is 2.15. The monoisotopic (exact) mass is 287 g/mol. The highest BCUT2D eigenvalue weighted by atomic mass is 15.1. The van der Waals surface area contributed by atoms with Gasteiger partial charge >= 0.3 is 0 Å². The van der Waals surface area contributed by atoms with E-state index in [-0.39, 0.29) is 0 Å². The van der Waals surface area contributed by atoms with E-state index >= 15 is 0 Å². The number of benzene rings is 2. The zero-order valence-corrected chi connectivity index (χ0v) is 12.5. The molecule has 0 bridgehead atoms. The van der Waals surface area contributed by atoms with Gasteiger partial charge in [-0.2, -0.15) is 0 Å². The summed E-state index contributed by atoms with van der Waals surface area (Å²) in [4.78, 5) is 9.02. The van der Waals surface area contributed by atoms with Gasteiger partial charge in [0.15, 0.2) is 0 Å². The molecule has 4 aromatic rings. The Labute approximate surface area is 129 Å². The topological polar surface area (TPSA) is 30.7 Å². The molecule has 0 fully saturated rings. The van der Waals surface area contributed by atoms with E-state index in [1.54, 1.807) is 0 Å². The summed E-state index contributed by atoms with van der Waals surface area (Å²) < 4.78 is 2.27. The van der Waals surface area contributed by atoms with E-state index in [4.69, 9.17) is 0 Å². The summed E-state index contributed by atoms with van der Waals surface area (Å²) in [5.41, 5.74) is 4.49. The fraction of sp³-hybridized carbons (Fsp3) is 0.158. The third-order valence-electron chi connectivity index (χ3n) is 4.16. The number of imidazole rings is 1. The molecule has 4 rings (SSSR count). The fourth-order valence-corrected chi connectivity index (χ4v) is 3.05. The van der Waals surface area contributed by atoms with E-state index < -0.39 is 0 Å². The number of nitrogens with zero attached hydrogens (tertiary/aromatic N) is 3. The quantitative estimate of drug-likeness (QED) is 0.559. The molecule has 0 amide bonds. The lowest BCUT2D eigenvalue weighted by Crippen LogP contribution is -2.07. The van der Waals surface area contributed by atoms with Crippen molar-refractivity contribution >= 4 is 21.9 Å². The fourth-order valence-electron chi connectivity index (χ4n) is 3.05. The molecule has 2 aromatic heterocycles. The highest BCUT2D eigenvalue weighted by Gasteiger charge is 2.13. The molecule has 0 radical (unpaired) electrons. The van der Waals surface area contributed by atoms with E-state index in [2.05, 4.69) is 63.9 Å². The van der Waals surface area contributed by atoms with Gasteiger partial charge in [-0.1, -0.05) is 48.5 Å². The Balaban J connectivity index is 1.83. The van der Waals surface area contributed by atoms with Gasteiger partial charge in [0.1, 0.15) is 5.52 Å². The lowest BCUT2D eigenvalue weighted by molar-refractivity contribution is 0.560. The van der Waals surface area contributed by atoms with E-state index in [0.717, 1.165) is 22.8 Å². The zero-order valence-electron chi connectivity index (χ0n) is 12.5. The Morgan fingerprint density at radius 3 is 2.55 bits per heavy atom. The van der Waals surface area contributed by atoms with Crippen LogP contribution in [0, 0.1) is 0 Å². The minimum Gasteiger partial charge on any atom is -0.327 e. The molecule has 3 heteroatoms. The second-order valence-corrected chi connectivity index (χ2v) is 5.70. The summed E-state index contributed by atoms with van der Waals surface area (Å²) in [6, 6.07) is 19.2. The van der Waals surface area contributed by atoms with Crippen LogP contribution in [0.5, 0.6) is 0 Å². The number of aromatic nitrogens is 3. The van der Waals surface area contributed by atoms with Crippen LogP contribution in [0.25, 0.3) is 21.9 Å². The standard InChI is InChI=1S/C19H17N3/c1-14(11-15-7-3-2-4-8-15)22-13-21-18-12-20-17-10-6-5-9-16(17)19(18)22/h2-10,12-14H,11H2,1H3/t14-/m1/s1. The SMILES string of the molecule is C[C@H](Cc1ccccc1)n1cnc2cnc3ccccc3c21. The number of pyridine rings is 1. The van der Waals surface area contributed by atoms with Gasteiger partial charge in [-0.05, 0) is 25.0 Å². The van der Waals surface area contributed by atoms with Crippen LogP contribution in [-0.4, -0.2) is 14.5 Å². The van der Waals surface area contributed by atoms with Gasteiger partial charge in [0.05, 0.1) is 23.6 Å². The molecule has 1 atom stereocenters. The predicted molar refractivity (Wildman–Crippen MR) is 89.9 cm³/mol. The molecule has 0 aliphatic heterocycles. The molecule has 0 saturated carbocycles. The van der Waals surface area contributed by atoms with Crippen LogP contribution >= 0.6 is 0 Å². The Kier molecular flexibility index (Phi) is 3.11. The molecule has 0 N–H and O–H groups in total. The maximum absolute atomic E-state index is 4.53. The number of hydrogen-bond donors (Lipinski definition) is 0. The maximum atomic E-state index is 4.53. The highest BCUT2D eigenvalue weighted by molar-refractivity contribution is 6.01. The Morgan fingerprint density at radius 2 is 1.68 bits per heavy atom. The molecule has 0 saturated heterocycles. The smallest absolute Gasteiger partial charge is 0.107 e. The summed E-state index contributed by atoms with van der Waals surface area (Å²) in [5.74, 6) is 0. The molecule has 2 heterocycles. The van der Waals surface area contributed by atoms with Crippen molar-refractivity contribution < 1.29 is 0 Å². The van der Waals surface area contributed by atoms with Gasteiger partial charge in [-0.15, -0.1) is 0 Å². The Hall–Kier alpha value is -2.68. The molecule has 108 valence electrons. The van der Waals surface area contributed by atoms with Crippen LogP contribution in [0.15, 0.2) is 67.1 Å². The first-order valence-corrected chi connectivity index (χ1v) is 7.57. The average molecular weight is 287 g/mol. The van der Waals surface area contributed by atoms with Crippen molar-refractivity contribution in [1.29, 1.82) is 0 Å². The zero-order chi connectivity index (χ0) is 14.9. The summed E-state index contributed by atoms with van der Waals surface area (Å²) >= 11 is 0. The van der Waals surface area contributed by atoms with E-state index in [1.165, 1.54) is 11.1 Å². The predicted octanol–water partition coefficient (Wildman–Crippen LogP) is 4.39. The minimum absolute atomic E-state index is 0.346. The van der Waals surface area contributed by atoms with Crippen molar-refractivity contribution in [3.05, 3.63) is 72.7 Å². The highest BCUT2D eigenvalue weighted by Crippen LogP contribution is 2.26. The van der Waals surface area contributed by atoms with Crippen LogP contribution in [-0.2, 0) is 6.42 Å². The molecule has 0 unspecified atom stereocenters. The first-order chi connectivity index (χ1) is 10.8. The van der Waals surface area contributed by atoms with E-state index in [9.17, 15) is 0 Å². The summed E-state index contributed by atoms with van der Waals surface area (Å²) in [7, 11) is 0.